The third-order valence-corrected chi connectivity index (χ3v) is 5.21. The maximum absolute atomic E-state index is 12.9. The van der Waals surface area contributed by atoms with Crippen LogP contribution < -0.4 is 10.0 Å². The molecule has 0 bridgehead atoms. The molecule has 0 aromatic heterocycles. The summed E-state index contributed by atoms with van der Waals surface area (Å²) >= 11 is 0. The molecule has 2 nitrogen and oxygen atoms in total. The van der Waals surface area contributed by atoms with Gasteiger partial charge in [0.2, 0.25) is 0 Å². The number of carbonyl (C=O) groups is 1. The molecule has 0 amide bonds. The van der Waals surface area contributed by atoms with Crippen molar-refractivity contribution in [2.45, 2.75) is 60.0 Å². The van der Waals surface area contributed by atoms with E-state index in [1.165, 1.54) is 5.56 Å². The molecule has 2 aromatic carbocycles. The maximum atomic E-state index is 12.9. The first-order chi connectivity index (χ1) is 11.6. The molecule has 2 rings (SSSR count). The van der Waals surface area contributed by atoms with E-state index in [-0.39, 0.29) is 44.5 Å². The fraction of sp³-hybridized carbons (Fsp3) is 0.409. The van der Waals surface area contributed by atoms with E-state index in [1.807, 2.05) is 52.0 Å². The first kappa shape index (κ1) is 23.0. The van der Waals surface area contributed by atoms with Crippen LogP contribution in [0.5, 0.6) is 5.75 Å². The molecule has 0 aliphatic heterocycles. The van der Waals surface area contributed by atoms with Crippen molar-refractivity contribution in [2.75, 3.05) is 0 Å². The Balaban J connectivity index is 0.00000338. The second-order valence-corrected chi connectivity index (χ2v) is 9.16. The van der Waals surface area contributed by atoms with Crippen molar-refractivity contribution in [1.29, 1.82) is 0 Å². The average Bonchev–Trinajstić information content (AvgIpc) is 2.47. The van der Waals surface area contributed by atoms with Crippen LogP contribution >= 0.6 is 8.58 Å². The summed E-state index contributed by atoms with van der Waals surface area (Å²) in [6.07, 6.45) is 0.154. The first-order valence-electron chi connectivity index (χ1n) is 8.77. The van der Waals surface area contributed by atoms with Crippen molar-refractivity contribution in [3.63, 3.8) is 0 Å². The second kappa shape index (κ2) is 9.23. The molecule has 26 heavy (non-hydrogen) atoms. The second-order valence-electron chi connectivity index (χ2n) is 7.88. The molecule has 0 N–H and O–H groups in total. The summed E-state index contributed by atoms with van der Waals surface area (Å²) in [5.74, 6) is 0.845. The standard InChI is InChI=1S/C22H29O2P.Li.H/c1-14(2)24-18-8-10-19(11-9-18)25-21(23)20-15(3)12-17(13-16(20)4)22(5,6)7;;/h8-14,25H,1-7H3;;. The Hall–Kier alpha value is -1.06. The van der Waals surface area contributed by atoms with E-state index in [2.05, 4.69) is 32.9 Å². The van der Waals surface area contributed by atoms with Gasteiger partial charge in [0, 0.05) is 5.56 Å². The Morgan fingerprint density at radius 2 is 1.50 bits per heavy atom. The van der Waals surface area contributed by atoms with Gasteiger partial charge in [-0.15, -0.1) is 0 Å². The summed E-state index contributed by atoms with van der Waals surface area (Å²) in [5.41, 5.74) is 4.58. The Bertz CT molecular complexity index is 736. The summed E-state index contributed by atoms with van der Waals surface area (Å²) in [4.78, 5) is 12.9. The minimum absolute atomic E-state index is 0. The molecule has 0 saturated heterocycles. The number of carbonyl (C=O) groups excluding carboxylic acids is 1. The van der Waals surface area contributed by atoms with Crippen LogP contribution in [0.1, 0.15) is 61.7 Å². The van der Waals surface area contributed by atoms with Gasteiger partial charge < -0.3 is 4.74 Å². The summed E-state index contributed by atoms with van der Waals surface area (Å²) < 4.78 is 5.66. The zero-order valence-corrected chi connectivity index (χ0v) is 17.4. The zero-order chi connectivity index (χ0) is 18.8. The van der Waals surface area contributed by atoms with Crippen LogP contribution in [0.15, 0.2) is 36.4 Å². The Labute approximate surface area is 172 Å². The Morgan fingerprint density at radius 1 is 1.00 bits per heavy atom. The number of aryl methyl sites for hydroxylation is 2. The van der Waals surface area contributed by atoms with Crippen molar-refractivity contribution < 1.29 is 9.53 Å². The Kier molecular flexibility index (Phi) is 8.16. The van der Waals surface area contributed by atoms with E-state index < -0.39 is 0 Å². The van der Waals surface area contributed by atoms with Crippen molar-refractivity contribution in [2.24, 2.45) is 0 Å². The van der Waals surface area contributed by atoms with Crippen molar-refractivity contribution in [3.05, 3.63) is 58.7 Å². The molecule has 1 unspecified atom stereocenters. The quantitative estimate of drug-likeness (QED) is 0.558. The molecule has 0 aliphatic carbocycles. The molecule has 1 atom stereocenters. The fourth-order valence-electron chi connectivity index (χ4n) is 2.84. The van der Waals surface area contributed by atoms with Gasteiger partial charge in [0.25, 0.3) is 0 Å². The van der Waals surface area contributed by atoms with Gasteiger partial charge in [0.1, 0.15) is 5.75 Å². The van der Waals surface area contributed by atoms with Gasteiger partial charge >= 0.3 is 18.9 Å². The molecule has 0 spiro atoms. The summed E-state index contributed by atoms with van der Waals surface area (Å²) in [5, 5.41) is 1.04. The van der Waals surface area contributed by atoms with Crippen LogP contribution in [0.25, 0.3) is 0 Å². The fourth-order valence-corrected chi connectivity index (χ4v) is 3.95. The molecule has 136 valence electrons. The molecule has 0 heterocycles. The topological polar surface area (TPSA) is 26.3 Å². The summed E-state index contributed by atoms with van der Waals surface area (Å²) in [6.45, 7) is 14.7. The van der Waals surface area contributed by atoms with Gasteiger partial charge in [-0.1, -0.05) is 45.0 Å². The molecule has 2 aromatic rings. The molecule has 0 fully saturated rings. The number of hydrogen-bond acceptors (Lipinski definition) is 2. The SMILES string of the molecule is Cc1cc(C(C)(C)C)cc(C)c1C(=O)Pc1ccc(OC(C)C)cc1.[LiH]. The van der Waals surface area contributed by atoms with E-state index in [0.717, 1.165) is 27.7 Å². The minimum atomic E-state index is 0. The summed E-state index contributed by atoms with van der Waals surface area (Å²) in [7, 11) is 0.130. The Morgan fingerprint density at radius 3 is 1.92 bits per heavy atom. The van der Waals surface area contributed by atoms with E-state index in [9.17, 15) is 4.79 Å². The van der Waals surface area contributed by atoms with Crippen LogP contribution in [0.3, 0.4) is 0 Å². The van der Waals surface area contributed by atoms with Crippen molar-refractivity contribution in [1.82, 2.24) is 0 Å². The van der Waals surface area contributed by atoms with Gasteiger partial charge in [-0.2, -0.15) is 0 Å². The number of benzene rings is 2. The van der Waals surface area contributed by atoms with E-state index in [1.54, 1.807) is 0 Å². The van der Waals surface area contributed by atoms with E-state index >= 15 is 0 Å². The molecule has 0 saturated carbocycles. The van der Waals surface area contributed by atoms with Crippen LogP contribution in [0, 0.1) is 13.8 Å². The third kappa shape index (κ3) is 5.99. The van der Waals surface area contributed by atoms with Gasteiger partial charge in [0.05, 0.1) is 6.10 Å². The molecule has 0 radical (unpaired) electrons. The third-order valence-electron chi connectivity index (χ3n) is 4.11. The first-order valence-corrected chi connectivity index (χ1v) is 9.77. The summed E-state index contributed by atoms with van der Waals surface area (Å²) in [6, 6.07) is 12.2. The molecular formula is C22H30LiO2P. The van der Waals surface area contributed by atoms with Gasteiger partial charge in [-0.3, -0.25) is 4.79 Å². The average molecular weight is 364 g/mol. The number of hydrogen-bond donors (Lipinski definition) is 0. The van der Waals surface area contributed by atoms with E-state index in [0.29, 0.717) is 0 Å². The van der Waals surface area contributed by atoms with Crippen LogP contribution in [0.2, 0.25) is 0 Å². The van der Waals surface area contributed by atoms with Gasteiger partial charge in [-0.25, -0.2) is 0 Å². The van der Waals surface area contributed by atoms with Crippen molar-refractivity contribution >= 4 is 38.3 Å². The number of ether oxygens (including phenoxy) is 1. The van der Waals surface area contributed by atoms with Gasteiger partial charge in [-0.05, 0) is 75.8 Å². The number of rotatable bonds is 5. The predicted molar refractivity (Wildman–Crippen MR) is 116 cm³/mol. The molecule has 0 aliphatic rings. The normalized spacial score (nSPS) is 11.7. The van der Waals surface area contributed by atoms with Crippen molar-refractivity contribution in [3.8, 4) is 5.75 Å². The van der Waals surface area contributed by atoms with E-state index in [4.69, 9.17) is 4.74 Å². The van der Waals surface area contributed by atoms with Crippen LogP contribution in [-0.4, -0.2) is 30.5 Å². The van der Waals surface area contributed by atoms with Crippen LogP contribution in [-0.2, 0) is 5.41 Å². The zero-order valence-electron chi connectivity index (χ0n) is 16.4. The van der Waals surface area contributed by atoms with Crippen LogP contribution in [0.4, 0.5) is 0 Å². The predicted octanol–water partition coefficient (Wildman–Crippen LogP) is 4.88. The van der Waals surface area contributed by atoms with Gasteiger partial charge in [0.15, 0.2) is 5.52 Å². The monoisotopic (exact) mass is 364 g/mol. The molecular weight excluding hydrogens is 334 g/mol. The molecule has 4 heteroatoms.